The summed E-state index contributed by atoms with van der Waals surface area (Å²) in [6.45, 7) is 2.14. The number of benzene rings is 1. The van der Waals surface area contributed by atoms with Gasteiger partial charge in [-0.1, -0.05) is 42.8 Å². The van der Waals surface area contributed by atoms with Crippen LogP contribution < -0.4 is 5.32 Å². The second kappa shape index (κ2) is 5.35. The molecule has 0 radical (unpaired) electrons. The molecule has 1 aliphatic heterocycles. The minimum absolute atomic E-state index is 0.575. The lowest BCUT2D eigenvalue weighted by molar-refractivity contribution is 0.336. The van der Waals surface area contributed by atoms with E-state index in [4.69, 9.17) is 4.99 Å². The van der Waals surface area contributed by atoms with Crippen molar-refractivity contribution in [2.75, 3.05) is 11.1 Å². The molecule has 0 amide bonds. The minimum Gasteiger partial charge on any atom is -0.335 e. The fourth-order valence-electron chi connectivity index (χ4n) is 2.82. The van der Waals surface area contributed by atoms with Crippen LogP contribution >= 0.6 is 11.8 Å². The van der Waals surface area contributed by atoms with Crippen molar-refractivity contribution in [1.82, 2.24) is 0 Å². The van der Waals surface area contributed by atoms with E-state index in [-0.39, 0.29) is 0 Å². The van der Waals surface area contributed by atoms with Gasteiger partial charge in [-0.2, -0.15) is 0 Å². The first-order chi connectivity index (χ1) is 8.83. The molecular weight excluding hydrogens is 240 g/mol. The Morgan fingerprint density at radius 3 is 2.94 bits per heavy atom. The third kappa shape index (κ3) is 2.56. The molecule has 2 atom stereocenters. The molecule has 1 aromatic carbocycles. The number of rotatable bonds is 1. The number of nitrogens with zero attached hydrogens (tertiary/aromatic N) is 1. The lowest BCUT2D eigenvalue weighted by Crippen LogP contribution is -2.31. The fraction of sp³-hybridized carbons (Fsp3) is 0.533. The first-order valence-corrected chi connectivity index (χ1v) is 7.85. The van der Waals surface area contributed by atoms with E-state index in [1.807, 2.05) is 11.8 Å². The maximum absolute atomic E-state index is 4.91. The number of anilines is 1. The van der Waals surface area contributed by atoms with Gasteiger partial charge in [0.15, 0.2) is 5.17 Å². The van der Waals surface area contributed by atoms with Gasteiger partial charge in [0.05, 0.1) is 6.04 Å². The number of para-hydroxylation sites is 1. The van der Waals surface area contributed by atoms with Crippen LogP contribution in [0.25, 0.3) is 0 Å². The Labute approximate surface area is 113 Å². The summed E-state index contributed by atoms with van der Waals surface area (Å²) in [6.07, 6.45) is 5.41. The topological polar surface area (TPSA) is 24.4 Å². The highest BCUT2D eigenvalue weighted by Gasteiger charge is 2.29. The summed E-state index contributed by atoms with van der Waals surface area (Å²) in [7, 11) is 0. The molecule has 1 fully saturated rings. The normalized spacial score (nSPS) is 27.3. The van der Waals surface area contributed by atoms with Gasteiger partial charge >= 0.3 is 0 Å². The van der Waals surface area contributed by atoms with Crippen molar-refractivity contribution in [3.8, 4) is 0 Å². The van der Waals surface area contributed by atoms with E-state index < -0.39 is 0 Å². The fourth-order valence-corrected chi connectivity index (χ4v) is 3.98. The largest absolute Gasteiger partial charge is 0.335 e. The first-order valence-electron chi connectivity index (χ1n) is 6.86. The number of aryl methyl sites for hydroxylation is 1. The van der Waals surface area contributed by atoms with Gasteiger partial charge in [-0.05, 0) is 37.3 Å². The molecule has 3 heteroatoms. The van der Waals surface area contributed by atoms with E-state index >= 15 is 0 Å². The van der Waals surface area contributed by atoms with Crippen LogP contribution in [0.3, 0.4) is 0 Å². The van der Waals surface area contributed by atoms with Gasteiger partial charge in [-0.3, -0.25) is 4.99 Å². The van der Waals surface area contributed by atoms with Crippen LogP contribution in [0, 0.1) is 12.8 Å². The molecule has 1 heterocycles. The predicted molar refractivity (Wildman–Crippen MR) is 80.4 cm³/mol. The third-order valence-corrected chi connectivity index (χ3v) is 5.05. The zero-order chi connectivity index (χ0) is 12.4. The van der Waals surface area contributed by atoms with Gasteiger partial charge < -0.3 is 5.32 Å². The molecule has 0 spiro atoms. The van der Waals surface area contributed by atoms with Crippen molar-refractivity contribution in [1.29, 1.82) is 0 Å². The third-order valence-electron chi connectivity index (χ3n) is 3.97. The van der Waals surface area contributed by atoms with E-state index in [1.54, 1.807) is 0 Å². The molecule has 96 valence electrons. The second-order valence-electron chi connectivity index (χ2n) is 5.30. The van der Waals surface area contributed by atoms with Gasteiger partial charge in [0.2, 0.25) is 0 Å². The molecule has 1 saturated carbocycles. The smallest absolute Gasteiger partial charge is 0.161 e. The van der Waals surface area contributed by atoms with Crippen LogP contribution in [0.15, 0.2) is 29.3 Å². The monoisotopic (exact) mass is 260 g/mol. The molecule has 2 nitrogen and oxygen atoms in total. The van der Waals surface area contributed by atoms with E-state index in [0.29, 0.717) is 6.04 Å². The Morgan fingerprint density at radius 1 is 1.22 bits per heavy atom. The highest BCUT2D eigenvalue weighted by molar-refractivity contribution is 8.14. The molecule has 0 aromatic heterocycles. The summed E-state index contributed by atoms with van der Waals surface area (Å²) in [5.74, 6) is 2.06. The summed E-state index contributed by atoms with van der Waals surface area (Å²) in [6, 6.07) is 9.00. The van der Waals surface area contributed by atoms with Crippen molar-refractivity contribution in [2.24, 2.45) is 10.9 Å². The average Bonchev–Trinajstić information content (AvgIpc) is 2.41. The van der Waals surface area contributed by atoms with Crippen LogP contribution in [0.1, 0.15) is 31.2 Å². The second-order valence-corrected chi connectivity index (χ2v) is 6.31. The average molecular weight is 260 g/mol. The summed E-state index contributed by atoms with van der Waals surface area (Å²) in [5, 5.41) is 4.61. The van der Waals surface area contributed by atoms with Crippen molar-refractivity contribution in [3.63, 3.8) is 0 Å². The quantitative estimate of drug-likeness (QED) is 0.823. The minimum atomic E-state index is 0.575. The summed E-state index contributed by atoms with van der Waals surface area (Å²) >= 11 is 1.89. The summed E-state index contributed by atoms with van der Waals surface area (Å²) in [4.78, 5) is 4.91. The van der Waals surface area contributed by atoms with Gasteiger partial charge in [0.25, 0.3) is 0 Å². The van der Waals surface area contributed by atoms with Crippen molar-refractivity contribution in [2.45, 2.75) is 38.6 Å². The number of hydrogen-bond acceptors (Lipinski definition) is 3. The van der Waals surface area contributed by atoms with E-state index in [2.05, 4.69) is 36.5 Å². The molecule has 1 N–H and O–H groups in total. The highest BCUT2D eigenvalue weighted by Crippen LogP contribution is 2.34. The van der Waals surface area contributed by atoms with Gasteiger partial charge in [0.1, 0.15) is 0 Å². The van der Waals surface area contributed by atoms with Crippen LogP contribution in [0.4, 0.5) is 5.69 Å². The summed E-state index contributed by atoms with van der Waals surface area (Å²) < 4.78 is 0. The molecular formula is C15H20N2S. The van der Waals surface area contributed by atoms with Crippen molar-refractivity contribution < 1.29 is 0 Å². The number of amidine groups is 1. The van der Waals surface area contributed by atoms with Gasteiger partial charge in [0, 0.05) is 11.4 Å². The first kappa shape index (κ1) is 12.1. The standard InChI is InChI=1S/C15H20N2S/c1-11-6-2-4-8-13(11)16-15-17-14-9-5-3-7-12(14)10-18-15/h2,4,6,8,12,14H,3,5,7,9-10H2,1H3,(H,16,17). The lowest BCUT2D eigenvalue weighted by atomic mass is 9.86. The van der Waals surface area contributed by atoms with Crippen molar-refractivity contribution >= 4 is 22.6 Å². The Morgan fingerprint density at radius 2 is 2.06 bits per heavy atom. The molecule has 2 aliphatic rings. The van der Waals surface area contributed by atoms with Crippen LogP contribution in [-0.2, 0) is 0 Å². The molecule has 0 saturated heterocycles. The Balaban J connectivity index is 1.73. The van der Waals surface area contributed by atoms with E-state index in [0.717, 1.165) is 11.1 Å². The highest BCUT2D eigenvalue weighted by atomic mass is 32.2. The van der Waals surface area contributed by atoms with Gasteiger partial charge in [-0.15, -0.1) is 0 Å². The van der Waals surface area contributed by atoms with Crippen LogP contribution in [0.2, 0.25) is 0 Å². The molecule has 18 heavy (non-hydrogen) atoms. The molecule has 1 aliphatic carbocycles. The SMILES string of the molecule is Cc1ccccc1NC1=NC2CCCCC2CS1. The number of fused-ring (bicyclic) bond motifs is 1. The zero-order valence-corrected chi connectivity index (χ0v) is 11.7. The number of thioether (sulfide) groups is 1. The predicted octanol–water partition coefficient (Wildman–Crippen LogP) is 4.07. The Kier molecular flexibility index (Phi) is 3.59. The van der Waals surface area contributed by atoms with Crippen molar-refractivity contribution in [3.05, 3.63) is 29.8 Å². The lowest BCUT2D eigenvalue weighted by Gasteiger charge is -2.32. The van der Waals surface area contributed by atoms with E-state index in [1.165, 1.54) is 42.7 Å². The molecule has 1 aromatic rings. The zero-order valence-electron chi connectivity index (χ0n) is 10.9. The Bertz CT molecular complexity index is 456. The van der Waals surface area contributed by atoms with E-state index in [9.17, 15) is 0 Å². The maximum Gasteiger partial charge on any atom is 0.161 e. The van der Waals surface area contributed by atoms with Crippen LogP contribution in [0.5, 0.6) is 0 Å². The van der Waals surface area contributed by atoms with Gasteiger partial charge in [-0.25, -0.2) is 0 Å². The Hall–Kier alpha value is -0.960. The van der Waals surface area contributed by atoms with Crippen LogP contribution in [-0.4, -0.2) is 17.0 Å². The molecule has 3 rings (SSSR count). The maximum atomic E-state index is 4.91. The number of aliphatic imine (C=N–C) groups is 1. The molecule has 0 bridgehead atoms. The molecule has 2 unspecified atom stereocenters. The summed E-state index contributed by atoms with van der Waals surface area (Å²) in [5.41, 5.74) is 2.48. The number of nitrogens with one attached hydrogen (secondary N) is 1. The number of hydrogen-bond donors (Lipinski definition) is 1.